The van der Waals surface area contributed by atoms with E-state index >= 15 is 0 Å². The Balaban J connectivity index is 2.37. The van der Waals surface area contributed by atoms with Crippen LogP contribution in [-0.4, -0.2) is 19.1 Å². The van der Waals surface area contributed by atoms with E-state index in [2.05, 4.69) is 40.3 Å². The molecule has 18 heavy (non-hydrogen) atoms. The zero-order valence-electron chi connectivity index (χ0n) is 10.7. The van der Waals surface area contributed by atoms with Gasteiger partial charge in [0.2, 0.25) is 0 Å². The van der Waals surface area contributed by atoms with E-state index in [1.165, 1.54) is 11.6 Å². The standard InChI is InChI=1S/C14H18BrNO2/c1-3-18-14(17)8-5-9-16-11(2)12-6-4-7-13(15)10-12/h4-8,10-11,16H,3,9H2,1-2H3/b8-5+. The molecule has 0 aliphatic rings. The number of hydrogen-bond acceptors (Lipinski definition) is 3. The van der Waals surface area contributed by atoms with Gasteiger partial charge < -0.3 is 10.1 Å². The van der Waals surface area contributed by atoms with Crippen LogP contribution in [0.1, 0.15) is 25.5 Å². The molecule has 0 saturated carbocycles. The molecule has 0 saturated heterocycles. The summed E-state index contributed by atoms with van der Waals surface area (Å²) in [5, 5.41) is 3.31. The molecule has 98 valence electrons. The van der Waals surface area contributed by atoms with E-state index in [0.717, 1.165) is 4.47 Å². The van der Waals surface area contributed by atoms with Gasteiger partial charge in [-0.05, 0) is 31.5 Å². The first kappa shape index (κ1) is 14.9. The van der Waals surface area contributed by atoms with Gasteiger partial charge in [0, 0.05) is 23.1 Å². The van der Waals surface area contributed by atoms with E-state index in [9.17, 15) is 4.79 Å². The average molecular weight is 312 g/mol. The summed E-state index contributed by atoms with van der Waals surface area (Å²) in [5.74, 6) is -0.297. The Morgan fingerprint density at radius 3 is 3.00 bits per heavy atom. The third-order valence-corrected chi connectivity index (χ3v) is 2.92. The Labute approximate surface area is 116 Å². The van der Waals surface area contributed by atoms with E-state index in [4.69, 9.17) is 4.74 Å². The van der Waals surface area contributed by atoms with E-state index in [0.29, 0.717) is 13.2 Å². The fourth-order valence-corrected chi connectivity index (χ4v) is 1.90. The van der Waals surface area contributed by atoms with Crippen molar-refractivity contribution in [3.05, 3.63) is 46.5 Å². The third kappa shape index (κ3) is 5.47. The van der Waals surface area contributed by atoms with Crippen molar-refractivity contribution < 1.29 is 9.53 Å². The fourth-order valence-electron chi connectivity index (χ4n) is 1.48. The minimum atomic E-state index is -0.297. The van der Waals surface area contributed by atoms with Gasteiger partial charge in [-0.15, -0.1) is 0 Å². The molecule has 0 amide bonds. The van der Waals surface area contributed by atoms with Gasteiger partial charge in [0.1, 0.15) is 0 Å². The van der Waals surface area contributed by atoms with Crippen LogP contribution in [0.3, 0.4) is 0 Å². The molecular formula is C14H18BrNO2. The highest BCUT2D eigenvalue weighted by Crippen LogP contribution is 2.17. The Morgan fingerprint density at radius 2 is 2.33 bits per heavy atom. The van der Waals surface area contributed by atoms with Crippen LogP contribution in [0, 0.1) is 0 Å². The fraction of sp³-hybridized carbons (Fsp3) is 0.357. The average Bonchev–Trinajstić information content (AvgIpc) is 2.35. The molecule has 1 aromatic carbocycles. The summed E-state index contributed by atoms with van der Waals surface area (Å²) in [6.07, 6.45) is 3.22. The Bertz CT molecular complexity index is 418. The number of carbonyl (C=O) groups is 1. The van der Waals surface area contributed by atoms with Crippen molar-refractivity contribution in [3.63, 3.8) is 0 Å². The van der Waals surface area contributed by atoms with Crippen molar-refractivity contribution in [1.82, 2.24) is 5.32 Å². The summed E-state index contributed by atoms with van der Waals surface area (Å²) in [5.41, 5.74) is 1.20. The summed E-state index contributed by atoms with van der Waals surface area (Å²) in [6, 6.07) is 8.38. The van der Waals surface area contributed by atoms with Crippen molar-refractivity contribution in [3.8, 4) is 0 Å². The zero-order chi connectivity index (χ0) is 13.4. The van der Waals surface area contributed by atoms with Crippen LogP contribution in [0.25, 0.3) is 0 Å². The van der Waals surface area contributed by atoms with Crippen LogP contribution < -0.4 is 5.32 Å². The lowest BCUT2D eigenvalue weighted by molar-refractivity contribution is -0.137. The molecule has 0 aromatic heterocycles. The van der Waals surface area contributed by atoms with Crippen molar-refractivity contribution >= 4 is 21.9 Å². The number of carbonyl (C=O) groups excluding carboxylic acids is 1. The molecule has 1 aromatic rings. The van der Waals surface area contributed by atoms with E-state index in [1.54, 1.807) is 13.0 Å². The minimum Gasteiger partial charge on any atom is -0.463 e. The first-order chi connectivity index (χ1) is 8.63. The largest absolute Gasteiger partial charge is 0.463 e. The third-order valence-electron chi connectivity index (χ3n) is 2.43. The molecule has 0 aliphatic heterocycles. The summed E-state index contributed by atoms with van der Waals surface area (Å²) >= 11 is 3.45. The summed E-state index contributed by atoms with van der Waals surface area (Å²) in [4.78, 5) is 11.1. The second kappa shape index (κ2) is 8.06. The summed E-state index contributed by atoms with van der Waals surface area (Å²) in [7, 11) is 0. The Hall–Kier alpha value is -1.13. The van der Waals surface area contributed by atoms with Crippen molar-refractivity contribution in [1.29, 1.82) is 0 Å². The lowest BCUT2D eigenvalue weighted by Crippen LogP contribution is -2.18. The molecule has 0 fully saturated rings. The molecule has 3 nitrogen and oxygen atoms in total. The van der Waals surface area contributed by atoms with Gasteiger partial charge in [0.05, 0.1) is 6.61 Å². The van der Waals surface area contributed by atoms with Crippen LogP contribution in [0.2, 0.25) is 0 Å². The molecule has 1 rings (SSSR count). The predicted molar refractivity (Wildman–Crippen MR) is 76.3 cm³/mol. The van der Waals surface area contributed by atoms with Crippen LogP contribution in [0.5, 0.6) is 0 Å². The number of rotatable bonds is 6. The highest BCUT2D eigenvalue weighted by Gasteiger charge is 2.03. The monoisotopic (exact) mass is 311 g/mol. The normalized spacial score (nSPS) is 12.6. The van der Waals surface area contributed by atoms with Gasteiger partial charge in [-0.2, -0.15) is 0 Å². The lowest BCUT2D eigenvalue weighted by atomic mass is 10.1. The summed E-state index contributed by atoms with van der Waals surface area (Å²) in [6.45, 7) is 4.91. The maximum Gasteiger partial charge on any atom is 0.330 e. The van der Waals surface area contributed by atoms with Crippen LogP contribution in [0.4, 0.5) is 0 Å². The predicted octanol–water partition coefficient (Wildman–Crippen LogP) is 3.22. The molecule has 0 bridgehead atoms. The van der Waals surface area contributed by atoms with Crippen molar-refractivity contribution in [2.24, 2.45) is 0 Å². The van der Waals surface area contributed by atoms with E-state index in [-0.39, 0.29) is 12.0 Å². The maximum atomic E-state index is 11.1. The quantitative estimate of drug-likeness (QED) is 0.647. The van der Waals surface area contributed by atoms with Crippen molar-refractivity contribution in [2.75, 3.05) is 13.2 Å². The second-order valence-corrected chi connectivity index (χ2v) is 4.76. The lowest BCUT2D eigenvalue weighted by Gasteiger charge is -2.12. The molecule has 4 heteroatoms. The van der Waals surface area contributed by atoms with Crippen LogP contribution in [0.15, 0.2) is 40.9 Å². The molecule has 0 aliphatic carbocycles. The highest BCUT2D eigenvalue weighted by molar-refractivity contribution is 9.10. The number of nitrogens with one attached hydrogen (secondary N) is 1. The van der Waals surface area contributed by atoms with Crippen LogP contribution in [-0.2, 0) is 9.53 Å². The summed E-state index contributed by atoms with van der Waals surface area (Å²) < 4.78 is 5.86. The Kier molecular flexibility index (Phi) is 6.68. The molecule has 0 heterocycles. The van der Waals surface area contributed by atoms with Gasteiger partial charge in [-0.1, -0.05) is 34.1 Å². The topological polar surface area (TPSA) is 38.3 Å². The van der Waals surface area contributed by atoms with E-state index < -0.39 is 0 Å². The number of benzene rings is 1. The molecule has 1 atom stereocenters. The maximum absolute atomic E-state index is 11.1. The first-order valence-electron chi connectivity index (χ1n) is 5.95. The number of hydrogen-bond donors (Lipinski definition) is 1. The second-order valence-electron chi connectivity index (χ2n) is 3.84. The van der Waals surface area contributed by atoms with Gasteiger partial charge in [-0.25, -0.2) is 4.79 Å². The van der Waals surface area contributed by atoms with E-state index in [1.807, 2.05) is 12.1 Å². The number of esters is 1. The van der Waals surface area contributed by atoms with Gasteiger partial charge in [0.25, 0.3) is 0 Å². The Morgan fingerprint density at radius 1 is 1.56 bits per heavy atom. The van der Waals surface area contributed by atoms with Gasteiger partial charge >= 0.3 is 5.97 Å². The molecule has 0 radical (unpaired) electrons. The zero-order valence-corrected chi connectivity index (χ0v) is 12.2. The SMILES string of the molecule is CCOC(=O)/C=C/CNC(C)c1cccc(Br)c1. The molecule has 0 spiro atoms. The molecular weight excluding hydrogens is 294 g/mol. The van der Waals surface area contributed by atoms with Crippen LogP contribution >= 0.6 is 15.9 Å². The molecule has 1 unspecified atom stereocenters. The highest BCUT2D eigenvalue weighted by atomic mass is 79.9. The first-order valence-corrected chi connectivity index (χ1v) is 6.75. The smallest absolute Gasteiger partial charge is 0.330 e. The number of ether oxygens (including phenoxy) is 1. The molecule has 1 N–H and O–H groups in total. The van der Waals surface area contributed by atoms with Gasteiger partial charge in [-0.3, -0.25) is 0 Å². The van der Waals surface area contributed by atoms with Crippen molar-refractivity contribution in [2.45, 2.75) is 19.9 Å². The minimum absolute atomic E-state index is 0.231. The van der Waals surface area contributed by atoms with Gasteiger partial charge in [0.15, 0.2) is 0 Å². The number of halogens is 1.